The standard InChI is InChI=1S/C12H8BrN3O2/c13-7-1-2-10-9(3-7)12(15-6-14-10)16-5-8(17)4-11(16)18/h1-3,6H,4-5H2. The van der Waals surface area contributed by atoms with Gasteiger partial charge in [-0.1, -0.05) is 15.9 Å². The number of Topliss-reactive ketones (excluding diaryl/α,β-unsaturated/α-hetero) is 1. The van der Waals surface area contributed by atoms with Crippen molar-refractivity contribution in [3.8, 4) is 0 Å². The number of anilines is 1. The first-order valence-electron chi connectivity index (χ1n) is 5.37. The topological polar surface area (TPSA) is 63.2 Å². The van der Waals surface area contributed by atoms with Gasteiger partial charge in [-0.15, -0.1) is 0 Å². The second-order valence-corrected chi connectivity index (χ2v) is 4.97. The Bertz CT molecular complexity index is 671. The van der Waals surface area contributed by atoms with Gasteiger partial charge in [0.2, 0.25) is 5.91 Å². The number of ketones is 1. The van der Waals surface area contributed by atoms with Crippen LogP contribution in [0.4, 0.5) is 5.82 Å². The number of hydrogen-bond donors (Lipinski definition) is 0. The molecule has 5 nitrogen and oxygen atoms in total. The number of aromatic nitrogens is 2. The van der Waals surface area contributed by atoms with Crippen molar-refractivity contribution in [3.05, 3.63) is 29.0 Å². The van der Waals surface area contributed by atoms with Crippen LogP contribution in [-0.4, -0.2) is 28.2 Å². The summed E-state index contributed by atoms with van der Waals surface area (Å²) >= 11 is 3.38. The molecule has 0 bridgehead atoms. The van der Waals surface area contributed by atoms with E-state index in [1.165, 1.54) is 11.2 Å². The van der Waals surface area contributed by atoms with Crippen molar-refractivity contribution in [3.63, 3.8) is 0 Å². The van der Waals surface area contributed by atoms with Gasteiger partial charge in [0.1, 0.15) is 12.1 Å². The molecule has 1 aliphatic heterocycles. The van der Waals surface area contributed by atoms with Gasteiger partial charge >= 0.3 is 0 Å². The predicted molar refractivity (Wildman–Crippen MR) is 69.2 cm³/mol. The molecule has 3 rings (SSSR count). The number of halogens is 1. The molecule has 1 aromatic heterocycles. The fourth-order valence-corrected chi connectivity index (χ4v) is 2.37. The Morgan fingerprint density at radius 2 is 2.06 bits per heavy atom. The molecule has 0 atom stereocenters. The second kappa shape index (κ2) is 4.13. The Hall–Kier alpha value is -1.82. The van der Waals surface area contributed by atoms with E-state index in [1.54, 1.807) is 0 Å². The van der Waals surface area contributed by atoms with E-state index < -0.39 is 0 Å². The summed E-state index contributed by atoms with van der Waals surface area (Å²) in [7, 11) is 0. The minimum atomic E-state index is -0.208. The number of carbonyl (C=O) groups excluding carboxylic acids is 2. The zero-order valence-electron chi connectivity index (χ0n) is 9.26. The molecule has 2 aromatic rings. The predicted octanol–water partition coefficient (Wildman–Crippen LogP) is 1.70. The highest BCUT2D eigenvalue weighted by Gasteiger charge is 2.30. The van der Waals surface area contributed by atoms with Crippen LogP contribution in [0, 0.1) is 0 Å². The minimum absolute atomic E-state index is 0.0422. The van der Waals surface area contributed by atoms with Crippen molar-refractivity contribution in [1.29, 1.82) is 0 Å². The maximum atomic E-state index is 11.7. The van der Waals surface area contributed by atoms with Crippen LogP contribution in [-0.2, 0) is 9.59 Å². The highest BCUT2D eigenvalue weighted by molar-refractivity contribution is 9.10. The number of carbonyl (C=O) groups is 2. The van der Waals surface area contributed by atoms with E-state index in [9.17, 15) is 9.59 Å². The van der Waals surface area contributed by atoms with Crippen molar-refractivity contribution in [2.75, 3.05) is 11.4 Å². The molecule has 0 saturated carbocycles. The monoisotopic (exact) mass is 305 g/mol. The summed E-state index contributed by atoms with van der Waals surface area (Å²) in [4.78, 5) is 32.8. The van der Waals surface area contributed by atoms with E-state index in [2.05, 4.69) is 25.9 Å². The molecule has 1 amide bonds. The molecule has 2 heterocycles. The smallest absolute Gasteiger partial charge is 0.236 e. The molecular weight excluding hydrogens is 298 g/mol. The Labute approximate surface area is 111 Å². The molecule has 0 N–H and O–H groups in total. The van der Waals surface area contributed by atoms with Gasteiger partial charge < -0.3 is 0 Å². The second-order valence-electron chi connectivity index (χ2n) is 4.05. The van der Waals surface area contributed by atoms with Crippen LogP contribution in [0.15, 0.2) is 29.0 Å². The molecule has 90 valence electrons. The zero-order chi connectivity index (χ0) is 12.7. The fourth-order valence-electron chi connectivity index (χ4n) is 2.01. The molecular formula is C12H8BrN3O2. The number of rotatable bonds is 1. The summed E-state index contributed by atoms with van der Waals surface area (Å²) in [6.07, 6.45) is 1.36. The van der Waals surface area contributed by atoms with Gasteiger partial charge in [-0.05, 0) is 18.2 Å². The Balaban J connectivity index is 2.20. The third-order valence-electron chi connectivity index (χ3n) is 2.82. The Morgan fingerprint density at radius 1 is 1.22 bits per heavy atom. The van der Waals surface area contributed by atoms with Crippen molar-refractivity contribution < 1.29 is 9.59 Å². The van der Waals surface area contributed by atoms with E-state index >= 15 is 0 Å². The first kappa shape index (κ1) is 11.3. The Kier molecular flexibility index (Phi) is 2.59. The number of hydrogen-bond acceptors (Lipinski definition) is 4. The van der Waals surface area contributed by atoms with Gasteiger partial charge in [-0.3, -0.25) is 14.5 Å². The quantitative estimate of drug-likeness (QED) is 0.752. The van der Waals surface area contributed by atoms with Crippen LogP contribution in [0.5, 0.6) is 0 Å². The van der Waals surface area contributed by atoms with Crippen LogP contribution in [0.25, 0.3) is 10.9 Å². The first-order valence-corrected chi connectivity index (χ1v) is 6.17. The average Bonchev–Trinajstić information content (AvgIpc) is 2.67. The highest BCUT2D eigenvalue weighted by atomic mass is 79.9. The van der Waals surface area contributed by atoms with Gasteiger partial charge in [0.15, 0.2) is 5.78 Å². The van der Waals surface area contributed by atoms with Gasteiger partial charge in [-0.25, -0.2) is 9.97 Å². The SMILES string of the molecule is O=C1CC(=O)N(c2ncnc3ccc(Br)cc23)C1. The van der Waals surface area contributed by atoms with E-state index in [0.717, 1.165) is 15.4 Å². The lowest BCUT2D eigenvalue weighted by molar-refractivity contribution is -0.121. The van der Waals surface area contributed by atoms with Crippen LogP contribution >= 0.6 is 15.9 Å². The third-order valence-corrected chi connectivity index (χ3v) is 3.31. The molecule has 1 saturated heterocycles. The number of fused-ring (bicyclic) bond motifs is 1. The third kappa shape index (κ3) is 1.78. The fraction of sp³-hybridized carbons (Fsp3) is 0.167. The number of benzene rings is 1. The maximum Gasteiger partial charge on any atom is 0.236 e. The van der Waals surface area contributed by atoms with E-state index in [-0.39, 0.29) is 24.7 Å². The summed E-state index contributed by atoms with van der Waals surface area (Å²) in [5.41, 5.74) is 0.746. The van der Waals surface area contributed by atoms with Crippen molar-refractivity contribution in [1.82, 2.24) is 9.97 Å². The first-order chi connectivity index (χ1) is 8.65. The van der Waals surface area contributed by atoms with Crippen molar-refractivity contribution in [2.45, 2.75) is 6.42 Å². The van der Waals surface area contributed by atoms with E-state index in [0.29, 0.717) is 5.82 Å². The van der Waals surface area contributed by atoms with E-state index in [4.69, 9.17) is 0 Å². The average molecular weight is 306 g/mol. The molecule has 6 heteroatoms. The zero-order valence-corrected chi connectivity index (χ0v) is 10.8. The number of amides is 1. The Morgan fingerprint density at radius 3 is 2.78 bits per heavy atom. The molecule has 0 radical (unpaired) electrons. The van der Waals surface area contributed by atoms with Crippen molar-refractivity contribution in [2.24, 2.45) is 0 Å². The van der Waals surface area contributed by atoms with E-state index in [1.807, 2.05) is 18.2 Å². The van der Waals surface area contributed by atoms with Crippen LogP contribution in [0.3, 0.4) is 0 Å². The van der Waals surface area contributed by atoms with Crippen molar-refractivity contribution >= 4 is 44.3 Å². The molecule has 1 fully saturated rings. The van der Waals surface area contributed by atoms with Gasteiger partial charge in [-0.2, -0.15) is 0 Å². The summed E-state index contributed by atoms with van der Waals surface area (Å²) < 4.78 is 0.879. The molecule has 1 aromatic carbocycles. The summed E-state index contributed by atoms with van der Waals surface area (Å²) in [6.45, 7) is 0.0947. The van der Waals surface area contributed by atoms with Gasteiger partial charge in [0.05, 0.1) is 18.5 Å². The molecule has 0 aliphatic carbocycles. The normalized spacial score (nSPS) is 15.7. The van der Waals surface area contributed by atoms with Crippen LogP contribution in [0.1, 0.15) is 6.42 Å². The summed E-state index contributed by atoms with van der Waals surface area (Å²) in [6, 6.07) is 5.56. The molecule has 18 heavy (non-hydrogen) atoms. The van der Waals surface area contributed by atoms with Gasteiger partial charge in [0.25, 0.3) is 0 Å². The molecule has 0 spiro atoms. The molecule has 1 aliphatic rings. The summed E-state index contributed by atoms with van der Waals surface area (Å²) in [5, 5.41) is 0.759. The molecule has 0 unspecified atom stereocenters. The lowest BCUT2D eigenvalue weighted by atomic mass is 10.2. The highest BCUT2D eigenvalue weighted by Crippen LogP contribution is 2.28. The van der Waals surface area contributed by atoms with Crippen LogP contribution in [0.2, 0.25) is 0 Å². The largest absolute Gasteiger partial charge is 0.297 e. The van der Waals surface area contributed by atoms with Gasteiger partial charge in [0, 0.05) is 9.86 Å². The van der Waals surface area contributed by atoms with Crippen LogP contribution < -0.4 is 4.90 Å². The lowest BCUT2D eigenvalue weighted by Crippen LogP contribution is -2.25. The minimum Gasteiger partial charge on any atom is -0.297 e. The number of nitrogens with zero attached hydrogens (tertiary/aromatic N) is 3. The lowest BCUT2D eigenvalue weighted by Gasteiger charge is -2.15. The maximum absolute atomic E-state index is 11.7. The summed E-state index contributed by atoms with van der Waals surface area (Å²) in [5.74, 6) is 0.207.